The quantitative estimate of drug-likeness (QED) is 0.168. The molecule has 0 radical (unpaired) electrons. The maximum atomic E-state index is 12.8. The summed E-state index contributed by atoms with van der Waals surface area (Å²) in [7, 11) is 0. The van der Waals surface area contributed by atoms with Crippen molar-refractivity contribution in [2.75, 3.05) is 11.9 Å². The van der Waals surface area contributed by atoms with E-state index in [1.165, 1.54) is 0 Å². The molecule has 8 nitrogen and oxygen atoms in total. The number of carbonyl (C=O) groups excluding carboxylic acids is 1. The number of aliphatic carboxylic acids is 1. The lowest BCUT2D eigenvalue weighted by atomic mass is 10.0. The van der Waals surface area contributed by atoms with Crippen molar-refractivity contribution in [2.24, 2.45) is 0 Å². The predicted octanol–water partition coefficient (Wildman–Crippen LogP) is 6.76. The first-order valence-electron chi connectivity index (χ1n) is 13.5. The second-order valence-corrected chi connectivity index (χ2v) is 9.65. The number of aromatic nitrogens is 1. The van der Waals surface area contributed by atoms with Crippen molar-refractivity contribution in [1.82, 2.24) is 10.3 Å². The number of amides is 2. The fourth-order valence-electron chi connectivity index (χ4n) is 4.65. The number of urea groups is 1. The Hall–Kier alpha value is -5.11. The van der Waals surface area contributed by atoms with Gasteiger partial charge in [-0.05, 0) is 60.2 Å². The van der Waals surface area contributed by atoms with Gasteiger partial charge in [-0.2, -0.15) is 0 Å². The van der Waals surface area contributed by atoms with Crippen LogP contribution in [0, 0.1) is 6.92 Å². The van der Waals surface area contributed by atoms with Gasteiger partial charge in [0, 0.05) is 30.3 Å². The van der Waals surface area contributed by atoms with Gasteiger partial charge >= 0.3 is 12.0 Å². The second kappa shape index (κ2) is 12.8. The van der Waals surface area contributed by atoms with E-state index in [1.54, 1.807) is 0 Å². The van der Waals surface area contributed by atoms with Crippen molar-refractivity contribution in [3.63, 3.8) is 0 Å². The number of benzene rings is 4. The monoisotopic (exact) mass is 549 g/mol. The van der Waals surface area contributed by atoms with Crippen molar-refractivity contribution in [3.8, 4) is 17.2 Å². The van der Waals surface area contributed by atoms with Crippen LogP contribution < -0.4 is 15.4 Å². The van der Waals surface area contributed by atoms with Crippen LogP contribution in [0.4, 0.5) is 10.5 Å². The standard InChI is InChI=1S/C33H31N3O5/c1-22-29(35-32(41-22)25-9-3-2-4-10-25)18-19-40-27-16-14-23(15-17-31(37)38)26(20-27)21-34-33(39)36-30-13-7-11-24-8-5-6-12-28(24)30/h2-14,16,20H,15,17-19,21H2,1H3,(H,37,38)(H2,34,36,39). The summed E-state index contributed by atoms with van der Waals surface area (Å²) in [6, 6.07) is 28.5. The number of rotatable bonds is 11. The summed E-state index contributed by atoms with van der Waals surface area (Å²) >= 11 is 0. The molecule has 8 heteroatoms. The lowest BCUT2D eigenvalue weighted by molar-refractivity contribution is -0.136. The first-order valence-corrected chi connectivity index (χ1v) is 13.5. The van der Waals surface area contributed by atoms with E-state index in [0.29, 0.717) is 36.8 Å². The number of nitrogens with zero attached hydrogens (tertiary/aromatic N) is 1. The normalized spacial score (nSPS) is 10.9. The molecule has 5 rings (SSSR count). The van der Waals surface area contributed by atoms with Crippen LogP contribution in [-0.2, 0) is 24.2 Å². The van der Waals surface area contributed by atoms with Crippen LogP contribution in [0.3, 0.4) is 0 Å². The van der Waals surface area contributed by atoms with E-state index in [9.17, 15) is 14.7 Å². The molecule has 0 saturated carbocycles. The van der Waals surface area contributed by atoms with Crippen LogP contribution in [0.25, 0.3) is 22.2 Å². The lowest BCUT2D eigenvalue weighted by Gasteiger charge is -2.14. The zero-order valence-corrected chi connectivity index (χ0v) is 22.7. The van der Waals surface area contributed by atoms with Crippen LogP contribution in [0.2, 0.25) is 0 Å². The maximum absolute atomic E-state index is 12.8. The van der Waals surface area contributed by atoms with E-state index in [0.717, 1.165) is 38.9 Å². The Balaban J connectivity index is 1.23. The van der Waals surface area contributed by atoms with Gasteiger partial charge in [0.05, 0.1) is 18.0 Å². The molecule has 0 saturated heterocycles. The fourth-order valence-corrected chi connectivity index (χ4v) is 4.65. The molecule has 0 unspecified atom stereocenters. The third-order valence-corrected chi connectivity index (χ3v) is 6.78. The smallest absolute Gasteiger partial charge is 0.319 e. The van der Waals surface area contributed by atoms with Gasteiger partial charge in [-0.1, -0.05) is 60.7 Å². The number of hydrogen-bond acceptors (Lipinski definition) is 5. The number of nitrogens with one attached hydrogen (secondary N) is 2. The van der Waals surface area contributed by atoms with Gasteiger partial charge in [0.2, 0.25) is 5.89 Å². The minimum atomic E-state index is -0.879. The maximum Gasteiger partial charge on any atom is 0.319 e. The first kappa shape index (κ1) is 27.5. The van der Waals surface area contributed by atoms with Crippen molar-refractivity contribution < 1.29 is 23.8 Å². The molecular weight excluding hydrogens is 518 g/mol. The van der Waals surface area contributed by atoms with Gasteiger partial charge in [0.15, 0.2) is 0 Å². The zero-order chi connectivity index (χ0) is 28.6. The van der Waals surface area contributed by atoms with Crippen molar-refractivity contribution >= 4 is 28.5 Å². The van der Waals surface area contributed by atoms with Gasteiger partial charge in [0.25, 0.3) is 0 Å². The largest absolute Gasteiger partial charge is 0.493 e. The number of fused-ring (bicyclic) bond motifs is 1. The summed E-state index contributed by atoms with van der Waals surface area (Å²) in [5.41, 5.74) is 4.09. The Kier molecular flexibility index (Phi) is 8.59. The number of carboxylic acids is 1. The molecule has 1 heterocycles. The topological polar surface area (TPSA) is 114 Å². The molecule has 4 aromatic carbocycles. The lowest BCUT2D eigenvalue weighted by Crippen LogP contribution is -2.28. The van der Waals surface area contributed by atoms with Crippen LogP contribution in [0.1, 0.15) is 29.0 Å². The van der Waals surface area contributed by atoms with Crippen LogP contribution in [0.5, 0.6) is 5.75 Å². The van der Waals surface area contributed by atoms with E-state index in [4.69, 9.17) is 9.15 Å². The molecule has 5 aromatic rings. The van der Waals surface area contributed by atoms with Crippen molar-refractivity contribution in [2.45, 2.75) is 32.7 Å². The Morgan fingerprint density at radius 1 is 0.902 bits per heavy atom. The summed E-state index contributed by atoms with van der Waals surface area (Å²) in [6.45, 7) is 2.48. The predicted molar refractivity (Wildman–Crippen MR) is 158 cm³/mol. The summed E-state index contributed by atoms with van der Waals surface area (Å²) in [6.07, 6.45) is 0.895. The van der Waals surface area contributed by atoms with Crippen molar-refractivity contribution in [1.29, 1.82) is 0 Å². The van der Waals surface area contributed by atoms with E-state index >= 15 is 0 Å². The number of aryl methyl sites for hydroxylation is 2. The Bertz CT molecular complexity index is 1660. The second-order valence-electron chi connectivity index (χ2n) is 9.65. The molecule has 208 valence electrons. The summed E-state index contributed by atoms with van der Waals surface area (Å²) in [5, 5.41) is 17.0. The number of carboxylic acid groups (broad SMARTS) is 1. The molecule has 41 heavy (non-hydrogen) atoms. The van der Waals surface area contributed by atoms with E-state index < -0.39 is 5.97 Å². The summed E-state index contributed by atoms with van der Waals surface area (Å²) in [4.78, 5) is 28.6. The average Bonchev–Trinajstić information content (AvgIpc) is 3.36. The molecule has 3 N–H and O–H groups in total. The van der Waals surface area contributed by atoms with Gasteiger partial charge in [-0.3, -0.25) is 4.79 Å². The summed E-state index contributed by atoms with van der Waals surface area (Å²) < 4.78 is 11.9. The molecule has 0 aliphatic heterocycles. The van der Waals surface area contributed by atoms with Crippen molar-refractivity contribution in [3.05, 3.63) is 114 Å². The Morgan fingerprint density at radius 2 is 1.68 bits per heavy atom. The van der Waals surface area contributed by atoms with Crippen LogP contribution in [-0.4, -0.2) is 28.7 Å². The molecule has 0 aliphatic rings. The van der Waals surface area contributed by atoms with E-state index in [2.05, 4.69) is 15.6 Å². The highest BCUT2D eigenvalue weighted by atomic mass is 16.5. The molecule has 0 atom stereocenters. The minimum Gasteiger partial charge on any atom is -0.493 e. The van der Waals surface area contributed by atoms with Gasteiger partial charge < -0.3 is 24.9 Å². The van der Waals surface area contributed by atoms with Gasteiger partial charge in [-0.15, -0.1) is 0 Å². The zero-order valence-electron chi connectivity index (χ0n) is 22.7. The van der Waals surface area contributed by atoms with Crippen LogP contribution >= 0.6 is 0 Å². The molecule has 0 aliphatic carbocycles. The fraction of sp³-hybridized carbons (Fsp3) is 0.182. The third kappa shape index (κ3) is 7.10. The van der Waals surface area contributed by atoms with E-state index in [-0.39, 0.29) is 19.0 Å². The SMILES string of the molecule is Cc1oc(-c2ccccc2)nc1CCOc1ccc(CCC(=O)O)c(CNC(=O)Nc2cccc3ccccc23)c1. The number of oxazole rings is 1. The van der Waals surface area contributed by atoms with E-state index in [1.807, 2.05) is 97.9 Å². The molecule has 0 spiro atoms. The summed E-state index contributed by atoms with van der Waals surface area (Å²) in [5.74, 6) is 1.07. The average molecular weight is 550 g/mol. The molecule has 2 amide bonds. The molecule has 0 fully saturated rings. The molecular formula is C33H31N3O5. The highest BCUT2D eigenvalue weighted by Crippen LogP contribution is 2.25. The third-order valence-electron chi connectivity index (χ3n) is 6.78. The first-order chi connectivity index (χ1) is 20.0. The number of carbonyl (C=O) groups is 2. The number of ether oxygens (including phenoxy) is 1. The van der Waals surface area contributed by atoms with Crippen LogP contribution in [0.15, 0.2) is 95.4 Å². The number of hydrogen-bond donors (Lipinski definition) is 3. The van der Waals surface area contributed by atoms with Gasteiger partial charge in [-0.25, -0.2) is 9.78 Å². The minimum absolute atomic E-state index is 0.00934. The highest BCUT2D eigenvalue weighted by molar-refractivity contribution is 6.01. The van der Waals surface area contributed by atoms with Gasteiger partial charge in [0.1, 0.15) is 11.5 Å². The highest BCUT2D eigenvalue weighted by Gasteiger charge is 2.13. The Morgan fingerprint density at radius 3 is 2.51 bits per heavy atom. The molecule has 0 bridgehead atoms. The number of anilines is 1. The molecule has 1 aromatic heterocycles. The Labute approximate surface area is 238 Å².